The fourth-order valence-corrected chi connectivity index (χ4v) is 2.32. The summed E-state index contributed by atoms with van der Waals surface area (Å²) in [5.41, 5.74) is 1.22. The van der Waals surface area contributed by atoms with Crippen LogP contribution in [0.1, 0.15) is 11.1 Å². The van der Waals surface area contributed by atoms with E-state index in [9.17, 15) is 18.7 Å². The van der Waals surface area contributed by atoms with Gasteiger partial charge in [-0.2, -0.15) is 0 Å². The molecule has 0 bridgehead atoms. The van der Waals surface area contributed by atoms with E-state index in [4.69, 9.17) is 4.74 Å². The van der Waals surface area contributed by atoms with Crippen LogP contribution >= 0.6 is 0 Å². The second-order valence-electron chi connectivity index (χ2n) is 4.59. The predicted molar refractivity (Wildman–Crippen MR) is 72.0 cm³/mol. The van der Waals surface area contributed by atoms with E-state index in [-0.39, 0.29) is 12.2 Å². The number of hydrogen-bond donors (Lipinski definition) is 1. The molecule has 1 aliphatic heterocycles. The van der Waals surface area contributed by atoms with E-state index >= 15 is 0 Å². The summed E-state index contributed by atoms with van der Waals surface area (Å²) < 4.78 is 31.9. The van der Waals surface area contributed by atoms with Crippen molar-refractivity contribution in [3.63, 3.8) is 0 Å². The Hall–Kier alpha value is -2.69. The Kier molecular flexibility index (Phi) is 3.17. The fraction of sp³-hybridized carbons (Fsp3) is 0.0625. The van der Waals surface area contributed by atoms with Crippen molar-refractivity contribution in [3.05, 3.63) is 70.8 Å². The van der Waals surface area contributed by atoms with Crippen molar-refractivity contribution < 1.29 is 23.4 Å². The third kappa shape index (κ3) is 2.38. The number of carbonyl (C=O) groups is 1. The van der Waals surface area contributed by atoms with Gasteiger partial charge in [0.15, 0.2) is 0 Å². The molecule has 0 saturated carbocycles. The minimum atomic E-state index is -1.15. The molecule has 1 aliphatic rings. The quantitative estimate of drug-likeness (QED) is 0.922. The average Bonchev–Trinajstić information content (AvgIpc) is 2.47. The molecule has 106 valence electrons. The van der Waals surface area contributed by atoms with Crippen LogP contribution in [0, 0.1) is 11.6 Å². The largest absolute Gasteiger partial charge is 0.488 e. The monoisotopic (exact) mass is 288 g/mol. The van der Waals surface area contributed by atoms with Crippen LogP contribution in [0.25, 0.3) is 5.57 Å². The summed E-state index contributed by atoms with van der Waals surface area (Å²) in [6.07, 6.45) is 0. The van der Waals surface area contributed by atoms with Gasteiger partial charge in [-0.3, -0.25) is 0 Å². The van der Waals surface area contributed by atoms with Gasteiger partial charge in [0.25, 0.3) is 0 Å². The molecule has 0 unspecified atom stereocenters. The molecule has 0 saturated heterocycles. The molecule has 0 radical (unpaired) electrons. The molecule has 21 heavy (non-hydrogen) atoms. The van der Waals surface area contributed by atoms with Gasteiger partial charge in [-0.1, -0.05) is 12.1 Å². The number of halogens is 2. The topological polar surface area (TPSA) is 46.5 Å². The van der Waals surface area contributed by atoms with Gasteiger partial charge < -0.3 is 9.84 Å². The number of aliphatic carboxylic acids is 1. The molecule has 3 nitrogen and oxygen atoms in total. The van der Waals surface area contributed by atoms with E-state index in [0.717, 1.165) is 0 Å². The molecule has 0 fully saturated rings. The molecule has 3 rings (SSSR count). The van der Waals surface area contributed by atoms with E-state index in [1.165, 1.54) is 42.5 Å². The molecular weight excluding hydrogens is 278 g/mol. The van der Waals surface area contributed by atoms with E-state index in [2.05, 4.69) is 0 Å². The van der Waals surface area contributed by atoms with Gasteiger partial charge in [0.1, 0.15) is 24.0 Å². The van der Waals surface area contributed by atoms with Gasteiger partial charge >= 0.3 is 5.97 Å². The molecule has 0 aliphatic carbocycles. The van der Waals surface area contributed by atoms with Crippen LogP contribution in [0.3, 0.4) is 0 Å². The predicted octanol–water partition coefficient (Wildman–Crippen LogP) is 3.24. The Balaban J connectivity index is 2.27. The van der Waals surface area contributed by atoms with Crippen LogP contribution in [-0.2, 0) is 4.79 Å². The van der Waals surface area contributed by atoms with Crippen LogP contribution in [0.4, 0.5) is 8.78 Å². The first-order chi connectivity index (χ1) is 10.1. The highest BCUT2D eigenvalue weighted by molar-refractivity contribution is 6.02. The number of carboxylic acids is 1. The molecule has 0 aromatic heterocycles. The molecular formula is C16H10F2O3. The second kappa shape index (κ2) is 5.01. The summed E-state index contributed by atoms with van der Waals surface area (Å²) in [6, 6.07) is 9.31. The number of fused-ring (bicyclic) bond motifs is 1. The summed E-state index contributed by atoms with van der Waals surface area (Å²) in [5, 5.41) is 9.31. The smallest absolute Gasteiger partial charge is 0.335 e. The van der Waals surface area contributed by atoms with Crippen LogP contribution in [0.2, 0.25) is 0 Å². The van der Waals surface area contributed by atoms with Gasteiger partial charge in [0, 0.05) is 11.1 Å². The lowest BCUT2D eigenvalue weighted by Gasteiger charge is -2.22. The number of carboxylic acid groups (broad SMARTS) is 1. The number of benzene rings is 2. The molecule has 2 aromatic carbocycles. The Bertz CT molecular complexity index is 749. The summed E-state index contributed by atoms with van der Waals surface area (Å²) in [7, 11) is 0. The van der Waals surface area contributed by atoms with E-state index in [1.54, 1.807) is 0 Å². The van der Waals surface area contributed by atoms with E-state index in [0.29, 0.717) is 22.4 Å². The maximum atomic E-state index is 13.5. The first kappa shape index (κ1) is 13.3. The Morgan fingerprint density at radius 3 is 2.38 bits per heavy atom. The third-order valence-electron chi connectivity index (χ3n) is 3.28. The molecule has 0 amide bonds. The second-order valence-corrected chi connectivity index (χ2v) is 4.59. The van der Waals surface area contributed by atoms with Crippen molar-refractivity contribution in [2.75, 3.05) is 6.61 Å². The first-order valence-corrected chi connectivity index (χ1v) is 6.21. The van der Waals surface area contributed by atoms with Crippen molar-refractivity contribution in [2.45, 2.75) is 0 Å². The maximum Gasteiger partial charge on any atom is 0.335 e. The highest BCUT2D eigenvalue weighted by Gasteiger charge is 2.26. The standard InChI is InChI=1S/C16H10F2O3/c17-10-3-1-9(2-4-10)15-12-7-11(18)5-6-14(12)21-8-13(15)16(19)20/h1-7H,8H2,(H,19,20). The summed E-state index contributed by atoms with van der Waals surface area (Å²) in [5.74, 6) is -1.67. The Morgan fingerprint density at radius 2 is 1.71 bits per heavy atom. The first-order valence-electron chi connectivity index (χ1n) is 6.21. The van der Waals surface area contributed by atoms with Crippen molar-refractivity contribution in [3.8, 4) is 5.75 Å². The summed E-state index contributed by atoms with van der Waals surface area (Å²) in [6.45, 7) is -0.124. The maximum absolute atomic E-state index is 13.5. The van der Waals surface area contributed by atoms with Crippen molar-refractivity contribution in [2.24, 2.45) is 0 Å². The van der Waals surface area contributed by atoms with Gasteiger partial charge in [0.2, 0.25) is 0 Å². The van der Waals surface area contributed by atoms with Crippen molar-refractivity contribution >= 4 is 11.5 Å². The molecule has 1 heterocycles. The molecule has 1 N–H and O–H groups in total. The van der Waals surface area contributed by atoms with Gasteiger partial charge in [-0.05, 0) is 35.9 Å². The van der Waals surface area contributed by atoms with Crippen LogP contribution in [0.5, 0.6) is 5.75 Å². The van der Waals surface area contributed by atoms with Crippen molar-refractivity contribution in [1.82, 2.24) is 0 Å². The SMILES string of the molecule is O=C(O)C1=C(c2ccc(F)cc2)c2cc(F)ccc2OC1. The lowest BCUT2D eigenvalue weighted by atomic mass is 9.91. The van der Waals surface area contributed by atoms with Crippen molar-refractivity contribution in [1.29, 1.82) is 0 Å². The lowest BCUT2D eigenvalue weighted by molar-refractivity contribution is -0.133. The molecule has 5 heteroatoms. The normalized spacial score (nSPS) is 13.6. The Labute approximate surface area is 119 Å². The minimum Gasteiger partial charge on any atom is -0.488 e. The lowest BCUT2D eigenvalue weighted by Crippen LogP contribution is -2.18. The summed E-state index contributed by atoms with van der Waals surface area (Å²) >= 11 is 0. The van der Waals surface area contributed by atoms with Crippen LogP contribution in [0.15, 0.2) is 48.0 Å². The van der Waals surface area contributed by atoms with Gasteiger partial charge in [0.05, 0.1) is 5.57 Å². The molecule has 0 atom stereocenters. The highest BCUT2D eigenvalue weighted by Crippen LogP contribution is 2.37. The third-order valence-corrected chi connectivity index (χ3v) is 3.28. The zero-order valence-electron chi connectivity index (χ0n) is 10.8. The molecule has 0 spiro atoms. The Morgan fingerprint density at radius 1 is 1.05 bits per heavy atom. The number of ether oxygens (including phenoxy) is 1. The van der Waals surface area contributed by atoms with Crippen LogP contribution in [-0.4, -0.2) is 17.7 Å². The average molecular weight is 288 g/mol. The zero-order valence-corrected chi connectivity index (χ0v) is 10.8. The number of hydrogen-bond acceptors (Lipinski definition) is 2. The molecule has 2 aromatic rings. The number of rotatable bonds is 2. The van der Waals surface area contributed by atoms with E-state index in [1.807, 2.05) is 0 Å². The summed E-state index contributed by atoms with van der Waals surface area (Å²) in [4.78, 5) is 11.4. The minimum absolute atomic E-state index is 0.0136. The highest BCUT2D eigenvalue weighted by atomic mass is 19.1. The van der Waals surface area contributed by atoms with Gasteiger partial charge in [-0.25, -0.2) is 13.6 Å². The fourth-order valence-electron chi connectivity index (χ4n) is 2.32. The van der Waals surface area contributed by atoms with Crippen LogP contribution < -0.4 is 4.74 Å². The van der Waals surface area contributed by atoms with E-state index < -0.39 is 17.6 Å². The zero-order chi connectivity index (χ0) is 15.0. The van der Waals surface area contributed by atoms with Gasteiger partial charge in [-0.15, -0.1) is 0 Å².